The molecule has 0 aliphatic carbocycles. The van der Waals surface area contributed by atoms with Gasteiger partial charge in [0.1, 0.15) is 5.75 Å². The van der Waals surface area contributed by atoms with Crippen LogP contribution in [0.15, 0.2) is 30.3 Å². The monoisotopic (exact) mass is 465 g/mol. The van der Waals surface area contributed by atoms with Gasteiger partial charge in [0.05, 0.1) is 18.5 Å². The van der Waals surface area contributed by atoms with Gasteiger partial charge in [0.15, 0.2) is 18.2 Å². The molecule has 0 unspecified atom stereocenters. The summed E-state index contributed by atoms with van der Waals surface area (Å²) in [5.74, 6) is 1.92. The quantitative estimate of drug-likeness (QED) is 0.645. The number of benzene rings is 1. The predicted octanol–water partition coefficient (Wildman–Crippen LogP) is 1.95. The lowest BCUT2D eigenvalue weighted by atomic mass is 10.0. The number of aryl methyl sites for hydroxylation is 1. The second kappa shape index (κ2) is 9.99. The van der Waals surface area contributed by atoms with Crippen molar-refractivity contribution in [2.24, 2.45) is 0 Å². The van der Waals surface area contributed by atoms with Gasteiger partial charge in [-0.15, -0.1) is 0 Å². The number of piperidine rings is 1. The molecule has 0 radical (unpaired) electrons. The third-order valence-electron chi connectivity index (χ3n) is 6.82. The van der Waals surface area contributed by atoms with Crippen LogP contribution in [-0.2, 0) is 22.6 Å². The Bertz CT molecular complexity index is 1070. The SMILES string of the molecule is COc1ccc2c(c1)N(CCN1CCC(NCc3ccc4c(n3)NC(=O)CO4)CC1)C(=O)CC2. The lowest BCUT2D eigenvalue weighted by molar-refractivity contribution is -0.119. The summed E-state index contributed by atoms with van der Waals surface area (Å²) in [6, 6.07) is 10.2. The van der Waals surface area contributed by atoms with Crippen LogP contribution in [0.4, 0.5) is 11.5 Å². The first-order valence-corrected chi connectivity index (χ1v) is 11.9. The number of fused-ring (bicyclic) bond motifs is 2. The molecule has 5 rings (SSSR count). The van der Waals surface area contributed by atoms with Crippen molar-refractivity contribution < 1.29 is 19.1 Å². The number of ether oxygens (including phenoxy) is 2. The van der Waals surface area contributed by atoms with E-state index in [9.17, 15) is 9.59 Å². The molecule has 9 heteroatoms. The third kappa shape index (κ3) is 5.00. The highest BCUT2D eigenvalue weighted by atomic mass is 16.5. The van der Waals surface area contributed by atoms with Crippen LogP contribution in [0, 0.1) is 0 Å². The number of carbonyl (C=O) groups excluding carboxylic acids is 2. The van der Waals surface area contributed by atoms with Gasteiger partial charge in [-0.3, -0.25) is 9.59 Å². The minimum Gasteiger partial charge on any atom is -0.497 e. The number of amides is 2. The van der Waals surface area contributed by atoms with E-state index in [-0.39, 0.29) is 18.4 Å². The van der Waals surface area contributed by atoms with Gasteiger partial charge < -0.3 is 29.9 Å². The molecular weight excluding hydrogens is 434 g/mol. The van der Waals surface area contributed by atoms with E-state index in [4.69, 9.17) is 9.47 Å². The first-order valence-electron chi connectivity index (χ1n) is 11.9. The van der Waals surface area contributed by atoms with Gasteiger partial charge >= 0.3 is 0 Å². The molecule has 3 aliphatic heterocycles. The van der Waals surface area contributed by atoms with Crippen LogP contribution in [0.3, 0.4) is 0 Å². The number of likely N-dealkylation sites (tertiary alicyclic amines) is 1. The van der Waals surface area contributed by atoms with E-state index in [0.29, 0.717) is 37.1 Å². The summed E-state index contributed by atoms with van der Waals surface area (Å²) in [7, 11) is 1.66. The number of pyridine rings is 1. The Balaban J connectivity index is 1.10. The van der Waals surface area contributed by atoms with Gasteiger partial charge in [-0.05, 0) is 56.1 Å². The smallest absolute Gasteiger partial charge is 0.263 e. The Hall–Kier alpha value is -3.17. The molecule has 1 fully saturated rings. The largest absolute Gasteiger partial charge is 0.497 e. The Morgan fingerprint density at radius 1 is 1.15 bits per heavy atom. The molecule has 1 aromatic heterocycles. The van der Waals surface area contributed by atoms with Gasteiger partial charge in [0.25, 0.3) is 5.91 Å². The summed E-state index contributed by atoms with van der Waals surface area (Å²) >= 11 is 0. The Morgan fingerprint density at radius 2 is 2.00 bits per heavy atom. The van der Waals surface area contributed by atoms with E-state index in [1.807, 2.05) is 29.2 Å². The molecule has 3 aliphatic rings. The molecule has 0 spiro atoms. The van der Waals surface area contributed by atoms with Crippen LogP contribution < -0.4 is 25.0 Å². The summed E-state index contributed by atoms with van der Waals surface area (Å²) in [6.45, 7) is 4.23. The van der Waals surface area contributed by atoms with E-state index in [1.54, 1.807) is 7.11 Å². The standard InChI is InChI=1S/C25H31N5O4/c1-33-20-5-2-17-3-7-24(32)30(21(17)14-20)13-12-29-10-8-18(9-11-29)26-15-19-4-6-22-25(27-19)28-23(31)16-34-22/h2,4-6,14,18,26H,3,7-13,15-16H2,1H3,(H,27,28,31). The number of nitrogens with zero attached hydrogens (tertiary/aromatic N) is 3. The number of carbonyl (C=O) groups is 2. The molecule has 2 aromatic rings. The summed E-state index contributed by atoms with van der Waals surface area (Å²) in [4.78, 5) is 33.0. The molecule has 0 bridgehead atoms. The van der Waals surface area contributed by atoms with Gasteiger partial charge in [0, 0.05) is 38.2 Å². The van der Waals surface area contributed by atoms with Crippen molar-refractivity contribution in [1.82, 2.24) is 15.2 Å². The maximum Gasteiger partial charge on any atom is 0.263 e. The van der Waals surface area contributed by atoms with Crippen LogP contribution in [0.1, 0.15) is 30.5 Å². The first kappa shape index (κ1) is 22.6. The molecule has 1 aromatic carbocycles. The number of hydrogen-bond acceptors (Lipinski definition) is 7. The third-order valence-corrected chi connectivity index (χ3v) is 6.82. The Morgan fingerprint density at radius 3 is 2.82 bits per heavy atom. The van der Waals surface area contributed by atoms with Gasteiger partial charge in [-0.25, -0.2) is 4.98 Å². The lowest BCUT2D eigenvalue weighted by Crippen LogP contribution is -2.46. The number of hydrogen-bond donors (Lipinski definition) is 2. The van der Waals surface area contributed by atoms with Gasteiger partial charge in [-0.1, -0.05) is 6.07 Å². The highest BCUT2D eigenvalue weighted by Crippen LogP contribution is 2.31. The minimum absolute atomic E-state index is 0.0392. The van der Waals surface area contributed by atoms with Crippen LogP contribution in [-0.4, -0.2) is 67.6 Å². The minimum atomic E-state index is -0.175. The molecule has 2 N–H and O–H groups in total. The summed E-state index contributed by atoms with van der Waals surface area (Å²) < 4.78 is 10.7. The van der Waals surface area contributed by atoms with Crippen LogP contribution in [0.5, 0.6) is 11.5 Å². The zero-order valence-electron chi connectivity index (χ0n) is 19.5. The predicted molar refractivity (Wildman–Crippen MR) is 128 cm³/mol. The van der Waals surface area contributed by atoms with Crippen molar-refractivity contribution in [3.8, 4) is 11.5 Å². The van der Waals surface area contributed by atoms with E-state index >= 15 is 0 Å². The van der Waals surface area contributed by atoms with Crippen LogP contribution in [0.25, 0.3) is 0 Å². The van der Waals surface area contributed by atoms with Gasteiger partial charge in [0.2, 0.25) is 5.91 Å². The van der Waals surface area contributed by atoms with Crippen molar-refractivity contribution in [1.29, 1.82) is 0 Å². The summed E-state index contributed by atoms with van der Waals surface area (Å²) in [6.07, 6.45) is 3.45. The summed E-state index contributed by atoms with van der Waals surface area (Å²) in [5, 5.41) is 6.35. The maximum atomic E-state index is 12.6. The molecule has 2 amide bonds. The lowest BCUT2D eigenvalue weighted by Gasteiger charge is -2.35. The second-order valence-electron chi connectivity index (χ2n) is 9.02. The zero-order valence-corrected chi connectivity index (χ0v) is 19.5. The number of nitrogens with one attached hydrogen (secondary N) is 2. The molecular formula is C25H31N5O4. The van der Waals surface area contributed by atoms with Crippen molar-refractivity contribution in [2.45, 2.75) is 38.3 Å². The Labute approximate surface area is 199 Å². The molecule has 9 nitrogen and oxygen atoms in total. The van der Waals surface area contributed by atoms with Crippen molar-refractivity contribution in [3.05, 3.63) is 41.6 Å². The average Bonchev–Trinajstić information content (AvgIpc) is 2.87. The second-order valence-corrected chi connectivity index (χ2v) is 9.02. The number of anilines is 2. The molecule has 34 heavy (non-hydrogen) atoms. The van der Waals surface area contributed by atoms with Crippen molar-refractivity contribution in [3.63, 3.8) is 0 Å². The molecule has 0 atom stereocenters. The highest BCUT2D eigenvalue weighted by molar-refractivity contribution is 5.96. The molecule has 1 saturated heterocycles. The number of aromatic nitrogens is 1. The fourth-order valence-electron chi connectivity index (χ4n) is 4.84. The van der Waals surface area contributed by atoms with Crippen LogP contribution in [0.2, 0.25) is 0 Å². The zero-order chi connectivity index (χ0) is 23.5. The normalized spacial score (nSPS) is 18.7. The molecule has 0 saturated carbocycles. The Kier molecular flexibility index (Phi) is 6.64. The molecule has 4 heterocycles. The average molecular weight is 466 g/mol. The topological polar surface area (TPSA) is 96.0 Å². The maximum absolute atomic E-state index is 12.6. The van der Waals surface area contributed by atoms with Gasteiger partial charge in [-0.2, -0.15) is 0 Å². The number of rotatable bonds is 7. The van der Waals surface area contributed by atoms with E-state index < -0.39 is 0 Å². The van der Waals surface area contributed by atoms with E-state index in [2.05, 4.69) is 26.6 Å². The first-order chi connectivity index (χ1) is 16.6. The summed E-state index contributed by atoms with van der Waals surface area (Å²) in [5.41, 5.74) is 3.08. The fraction of sp³-hybridized carbons (Fsp3) is 0.480. The fourth-order valence-corrected chi connectivity index (χ4v) is 4.84. The van der Waals surface area contributed by atoms with E-state index in [0.717, 1.165) is 56.0 Å². The molecule has 180 valence electrons. The van der Waals surface area contributed by atoms with Crippen molar-refractivity contribution in [2.75, 3.05) is 50.1 Å². The van der Waals surface area contributed by atoms with Crippen molar-refractivity contribution >= 4 is 23.3 Å². The number of methoxy groups -OCH3 is 1. The van der Waals surface area contributed by atoms with Crippen LogP contribution >= 0.6 is 0 Å². The highest BCUT2D eigenvalue weighted by Gasteiger charge is 2.26. The van der Waals surface area contributed by atoms with E-state index in [1.165, 1.54) is 5.56 Å².